The summed E-state index contributed by atoms with van der Waals surface area (Å²) in [7, 11) is 1.83. The monoisotopic (exact) mass is 289 g/mol. The number of nitrogens with zero attached hydrogens (tertiary/aromatic N) is 2. The van der Waals surface area contributed by atoms with E-state index in [4.69, 9.17) is 15.2 Å². The number of nitrogens with two attached hydrogens (primary N) is 1. The van der Waals surface area contributed by atoms with Crippen LogP contribution in [0.5, 0.6) is 17.4 Å². The van der Waals surface area contributed by atoms with Crippen LogP contribution in [0.3, 0.4) is 0 Å². The van der Waals surface area contributed by atoms with Crippen molar-refractivity contribution in [1.29, 1.82) is 0 Å². The molecule has 0 radical (unpaired) electrons. The summed E-state index contributed by atoms with van der Waals surface area (Å²) < 4.78 is 13.3. The van der Waals surface area contributed by atoms with Crippen LogP contribution < -0.4 is 15.2 Å². The summed E-state index contributed by atoms with van der Waals surface area (Å²) in [6.07, 6.45) is 0.944. The van der Waals surface area contributed by atoms with Gasteiger partial charge in [-0.2, -0.15) is 5.10 Å². The van der Waals surface area contributed by atoms with Crippen LogP contribution in [0.1, 0.15) is 38.8 Å². The van der Waals surface area contributed by atoms with E-state index in [0.29, 0.717) is 29.7 Å². The summed E-state index contributed by atoms with van der Waals surface area (Å²) >= 11 is 0. The maximum atomic E-state index is 6.15. The molecule has 0 bridgehead atoms. The van der Waals surface area contributed by atoms with Gasteiger partial charge < -0.3 is 15.2 Å². The number of aromatic nitrogens is 2. The summed E-state index contributed by atoms with van der Waals surface area (Å²) in [5, 5.41) is 4.42. The van der Waals surface area contributed by atoms with Crippen LogP contribution in [0, 0.1) is 0 Å². The van der Waals surface area contributed by atoms with E-state index in [1.54, 1.807) is 4.68 Å². The average Bonchev–Trinajstić information content (AvgIpc) is 2.74. The molecule has 2 N–H and O–H groups in total. The minimum absolute atomic E-state index is 0.250. The van der Waals surface area contributed by atoms with Gasteiger partial charge in [-0.05, 0) is 24.5 Å². The molecule has 0 aliphatic carbocycles. The van der Waals surface area contributed by atoms with Gasteiger partial charge in [0.25, 0.3) is 0 Å². The van der Waals surface area contributed by atoms with Crippen LogP contribution in [0.4, 0.5) is 5.69 Å². The van der Waals surface area contributed by atoms with Crippen LogP contribution in [0.25, 0.3) is 0 Å². The van der Waals surface area contributed by atoms with Crippen LogP contribution in [-0.4, -0.2) is 16.4 Å². The quantitative estimate of drug-likeness (QED) is 0.880. The van der Waals surface area contributed by atoms with Crippen molar-refractivity contribution >= 4 is 5.69 Å². The summed E-state index contributed by atoms with van der Waals surface area (Å²) in [5.41, 5.74) is 7.58. The Morgan fingerprint density at radius 1 is 1.24 bits per heavy atom. The van der Waals surface area contributed by atoms with Crippen molar-refractivity contribution in [2.75, 3.05) is 12.3 Å². The molecule has 2 aromatic rings. The molecule has 0 unspecified atom stereocenters. The van der Waals surface area contributed by atoms with Crippen molar-refractivity contribution in [3.63, 3.8) is 0 Å². The third-order valence-corrected chi connectivity index (χ3v) is 3.12. The first-order chi connectivity index (χ1) is 10.0. The maximum absolute atomic E-state index is 6.15. The number of rotatable bonds is 6. The zero-order chi connectivity index (χ0) is 15.4. The molecule has 0 atom stereocenters. The Hall–Kier alpha value is -2.17. The van der Waals surface area contributed by atoms with Crippen molar-refractivity contribution in [3.05, 3.63) is 30.0 Å². The highest BCUT2D eigenvalue weighted by molar-refractivity contribution is 5.56. The molecule has 0 spiro atoms. The highest BCUT2D eigenvalue weighted by Gasteiger charge is 2.18. The highest BCUT2D eigenvalue weighted by atomic mass is 16.5. The van der Waals surface area contributed by atoms with Gasteiger partial charge in [0.15, 0.2) is 11.5 Å². The minimum atomic E-state index is 0.250. The van der Waals surface area contributed by atoms with Gasteiger partial charge in [-0.25, -0.2) is 4.68 Å². The van der Waals surface area contributed by atoms with Gasteiger partial charge in [0, 0.05) is 7.05 Å². The van der Waals surface area contributed by atoms with E-state index in [2.05, 4.69) is 25.9 Å². The number of benzene rings is 1. The first-order valence-corrected chi connectivity index (χ1v) is 7.26. The predicted octanol–water partition coefficient (Wildman–Crippen LogP) is 3.71. The summed E-state index contributed by atoms with van der Waals surface area (Å²) in [4.78, 5) is 0. The molecule has 0 fully saturated rings. The van der Waals surface area contributed by atoms with Crippen LogP contribution in [0.2, 0.25) is 0 Å². The molecular weight excluding hydrogens is 266 g/mol. The van der Waals surface area contributed by atoms with E-state index in [1.807, 2.05) is 31.3 Å². The lowest BCUT2D eigenvalue weighted by molar-refractivity contribution is 0.299. The van der Waals surface area contributed by atoms with E-state index in [9.17, 15) is 0 Å². The molecule has 21 heavy (non-hydrogen) atoms. The van der Waals surface area contributed by atoms with Gasteiger partial charge in [0.1, 0.15) is 5.69 Å². The Labute approximate surface area is 125 Å². The molecule has 114 valence electrons. The largest absolute Gasteiger partial charge is 0.490 e. The van der Waals surface area contributed by atoms with Crippen molar-refractivity contribution in [2.45, 2.75) is 33.1 Å². The standard InChI is InChI=1S/C16H23N3O2/c1-5-10-20-12-8-6-7-9-13(12)21-16-14(17)15(11(2)3)18-19(16)4/h6-9,11H,5,10,17H2,1-4H3. The van der Waals surface area contributed by atoms with Gasteiger partial charge in [0.2, 0.25) is 5.88 Å². The topological polar surface area (TPSA) is 62.3 Å². The fourth-order valence-electron chi connectivity index (χ4n) is 2.06. The van der Waals surface area contributed by atoms with Crippen LogP contribution in [0.15, 0.2) is 24.3 Å². The van der Waals surface area contributed by atoms with Gasteiger partial charge in [-0.3, -0.25) is 0 Å². The van der Waals surface area contributed by atoms with Crippen molar-refractivity contribution < 1.29 is 9.47 Å². The number of nitrogen functional groups attached to an aromatic ring is 1. The van der Waals surface area contributed by atoms with E-state index < -0.39 is 0 Å². The van der Waals surface area contributed by atoms with E-state index in [-0.39, 0.29) is 5.92 Å². The number of anilines is 1. The number of ether oxygens (including phenoxy) is 2. The number of hydrogen-bond donors (Lipinski definition) is 1. The zero-order valence-electron chi connectivity index (χ0n) is 13.1. The Morgan fingerprint density at radius 3 is 2.48 bits per heavy atom. The Bertz CT molecular complexity index is 606. The molecular formula is C16H23N3O2. The van der Waals surface area contributed by atoms with Gasteiger partial charge in [0.05, 0.1) is 12.3 Å². The van der Waals surface area contributed by atoms with Gasteiger partial charge in [-0.15, -0.1) is 0 Å². The molecule has 1 aromatic carbocycles. The van der Waals surface area contributed by atoms with E-state index >= 15 is 0 Å². The van der Waals surface area contributed by atoms with Crippen LogP contribution >= 0.6 is 0 Å². The van der Waals surface area contributed by atoms with E-state index in [0.717, 1.165) is 12.1 Å². The van der Waals surface area contributed by atoms with Crippen LogP contribution in [-0.2, 0) is 7.05 Å². The number of para-hydroxylation sites is 2. The molecule has 2 rings (SSSR count). The third-order valence-electron chi connectivity index (χ3n) is 3.12. The first-order valence-electron chi connectivity index (χ1n) is 7.26. The fraction of sp³-hybridized carbons (Fsp3) is 0.438. The zero-order valence-corrected chi connectivity index (χ0v) is 13.1. The third kappa shape index (κ3) is 3.29. The molecule has 1 heterocycles. The second-order valence-electron chi connectivity index (χ2n) is 5.28. The SMILES string of the molecule is CCCOc1ccccc1Oc1c(N)c(C(C)C)nn1C. The minimum Gasteiger partial charge on any atom is -0.490 e. The lowest BCUT2D eigenvalue weighted by atomic mass is 10.1. The second-order valence-corrected chi connectivity index (χ2v) is 5.28. The molecule has 0 aliphatic rings. The maximum Gasteiger partial charge on any atom is 0.241 e. The fourth-order valence-corrected chi connectivity index (χ4v) is 2.06. The van der Waals surface area contributed by atoms with Crippen molar-refractivity contribution in [1.82, 2.24) is 9.78 Å². The lowest BCUT2D eigenvalue weighted by Gasteiger charge is -2.12. The smallest absolute Gasteiger partial charge is 0.241 e. The summed E-state index contributed by atoms with van der Waals surface area (Å²) in [6.45, 7) is 6.83. The van der Waals surface area contributed by atoms with Gasteiger partial charge >= 0.3 is 0 Å². The second kappa shape index (κ2) is 6.52. The summed E-state index contributed by atoms with van der Waals surface area (Å²) in [5.74, 6) is 2.16. The van der Waals surface area contributed by atoms with Crippen molar-refractivity contribution in [3.8, 4) is 17.4 Å². The average molecular weight is 289 g/mol. The Balaban J connectivity index is 2.30. The Morgan fingerprint density at radius 2 is 1.90 bits per heavy atom. The Kier molecular flexibility index (Phi) is 4.73. The molecule has 0 aliphatic heterocycles. The number of aryl methyl sites for hydroxylation is 1. The molecule has 0 saturated carbocycles. The highest BCUT2D eigenvalue weighted by Crippen LogP contribution is 2.36. The summed E-state index contributed by atoms with van der Waals surface area (Å²) in [6, 6.07) is 7.58. The van der Waals surface area contributed by atoms with Gasteiger partial charge in [-0.1, -0.05) is 32.9 Å². The first kappa shape index (κ1) is 15.2. The normalized spacial score (nSPS) is 10.9. The molecule has 1 aromatic heterocycles. The molecule has 5 heteroatoms. The molecule has 0 amide bonds. The predicted molar refractivity (Wildman–Crippen MR) is 84.0 cm³/mol. The lowest BCUT2D eigenvalue weighted by Crippen LogP contribution is -2.00. The number of hydrogen-bond acceptors (Lipinski definition) is 4. The van der Waals surface area contributed by atoms with E-state index in [1.165, 1.54) is 0 Å². The van der Waals surface area contributed by atoms with Crippen molar-refractivity contribution in [2.24, 2.45) is 7.05 Å². The molecule has 5 nitrogen and oxygen atoms in total. The molecule has 0 saturated heterocycles.